The number of esters is 4. The van der Waals surface area contributed by atoms with Gasteiger partial charge in [0.1, 0.15) is 19.3 Å². The van der Waals surface area contributed by atoms with Crippen molar-refractivity contribution in [3.05, 3.63) is 0 Å². The van der Waals surface area contributed by atoms with E-state index in [1.165, 1.54) is 180 Å². The van der Waals surface area contributed by atoms with Crippen LogP contribution in [0.4, 0.5) is 0 Å². The van der Waals surface area contributed by atoms with Gasteiger partial charge in [0.15, 0.2) is 12.2 Å². The second kappa shape index (κ2) is 63.8. The van der Waals surface area contributed by atoms with Gasteiger partial charge in [0.2, 0.25) is 0 Å². The first-order valence-corrected chi connectivity index (χ1v) is 39.3. The van der Waals surface area contributed by atoms with Crippen molar-refractivity contribution in [1.29, 1.82) is 0 Å². The van der Waals surface area contributed by atoms with Crippen molar-refractivity contribution < 1.29 is 80.2 Å². The van der Waals surface area contributed by atoms with Gasteiger partial charge in [0.05, 0.1) is 26.4 Å². The number of hydrogen-bond acceptors (Lipinski definition) is 15. The summed E-state index contributed by atoms with van der Waals surface area (Å²) >= 11 is 0. The van der Waals surface area contributed by atoms with Gasteiger partial charge < -0.3 is 33.8 Å². The lowest BCUT2D eigenvalue weighted by molar-refractivity contribution is -0.161. The Hall–Kier alpha value is -1.94. The lowest BCUT2D eigenvalue weighted by Crippen LogP contribution is -2.30. The van der Waals surface area contributed by atoms with Gasteiger partial charge in [-0.2, -0.15) is 0 Å². The average Bonchev–Trinajstić information content (AvgIpc) is 3.65. The molecule has 0 saturated carbocycles. The molecule has 3 N–H and O–H groups in total. The maximum absolute atomic E-state index is 13.0. The van der Waals surface area contributed by atoms with Crippen LogP contribution >= 0.6 is 15.6 Å². The van der Waals surface area contributed by atoms with Crippen LogP contribution in [0.1, 0.15) is 362 Å². The van der Waals surface area contributed by atoms with Gasteiger partial charge in [-0.15, -0.1) is 0 Å². The monoisotopic (exact) mass is 1300 g/mol. The molecule has 0 aliphatic heterocycles. The summed E-state index contributed by atoms with van der Waals surface area (Å²) in [6.45, 7) is 4.89. The Morgan fingerprint density at radius 1 is 0.273 bits per heavy atom. The fraction of sp³-hybridized carbons (Fsp3) is 0.942. The predicted octanol–water partition coefficient (Wildman–Crippen LogP) is 19.9. The SMILES string of the molecule is CCCCCCCCCCCCCCCCCCC(=O)OC[C@H](COP(=O)(O)OC[C@@H](O)COP(=O)(O)OC[C@@H](COC(=O)CCCCCCCCCC)OC(=O)CCCCCCCCCC)OC(=O)CCCCCCCCCCCCCCCCCC. The van der Waals surface area contributed by atoms with E-state index in [4.69, 9.17) is 37.0 Å². The minimum Gasteiger partial charge on any atom is -0.462 e. The van der Waals surface area contributed by atoms with Gasteiger partial charge in [-0.3, -0.25) is 37.3 Å². The summed E-state index contributed by atoms with van der Waals surface area (Å²) in [5.41, 5.74) is 0. The van der Waals surface area contributed by atoms with E-state index in [2.05, 4.69) is 27.7 Å². The lowest BCUT2D eigenvalue weighted by Gasteiger charge is -2.21. The number of phosphoric acid groups is 2. The second-order valence-electron chi connectivity index (χ2n) is 24.9. The van der Waals surface area contributed by atoms with Crippen molar-refractivity contribution in [1.82, 2.24) is 0 Å². The van der Waals surface area contributed by atoms with Gasteiger partial charge in [-0.25, -0.2) is 9.13 Å². The van der Waals surface area contributed by atoms with Gasteiger partial charge in [0, 0.05) is 25.7 Å². The smallest absolute Gasteiger partial charge is 0.462 e. The topological polar surface area (TPSA) is 237 Å². The van der Waals surface area contributed by atoms with Crippen LogP contribution in [0.15, 0.2) is 0 Å². The first kappa shape index (κ1) is 86.1. The zero-order valence-corrected chi connectivity index (χ0v) is 58.5. The van der Waals surface area contributed by atoms with Gasteiger partial charge in [-0.05, 0) is 25.7 Å². The number of carbonyl (C=O) groups excluding carboxylic acids is 4. The Kier molecular flexibility index (Phi) is 62.4. The van der Waals surface area contributed by atoms with E-state index in [-0.39, 0.29) is 25.7 Å². The van der Waals surface area contributed by atoms with Crippen molar-refractivity contribution in [3.8, 4) is 0 Å². The highest BCUT2D eigenvalue weighted by atomic mass is 31.2. The van der Waals surface area contributed by atoms with Crippen LogP contribution in [0, 0.1) is 0 Å². The Morgan fingerprint density at radius 2 is 0.455 bits per heavy atom. The number of aliphatic hydroxyl groups excluding tert-OH is 1. The molecule has 19 heteroatoms. The zero-order chi connectivity index (χ0) is 64.7. The molecule has 0 rings (SSSR count). The molecule has 5 atom stereocenters. The van der Waals surface area contributed by atoms with Crippen molar-refractivity contribution in [2.24, 2.45) is 0 Å². The quantitative estimate of drug-likeness (QED) is 0.0222. The molecule has 0 aliphatic rings. The predicted molar refractivity (Wildman–Crippen MR) is 354 cm³/mol. The Morgan fingerprint density at radius 3 is 0.670 bits per heavy atom. The van der Waals surface area contributed by atoms with Crippen LogP contribution in [0.5, 0.6) is 0 Å². The van der Waals surface area contributed by atoms with E-state index in [1.807, 2.05) is 0 Å². The van der Waals surface area contributed by atoms with Gasteiger partial charge >= 0.3 is 39.5 Å². The Bertz CT molecular complexity index is 1690. The van der Waals surface area contributed by atoms with E-state index in [9.17, 15) is 43.2 Å². The molecular formula is C69H134O17P2. The molecule has 0 fully saturated rings. The van der Waals surface area contributed by atoms with E-state index in [1.54, 1.807) is 0 Å². The first-order valence-electron chi connectivity index (χ1n) is 36.3. The summed E-state index contributed by atoms with van der Waals surface area (Å²) in [5.74, 6) is -2.13. The molecule has 0 bridgehead atoms. The standard InChI is InChI=1S/C69H134O17P2/c1-5-9-13-17-21-25-27-29-31-33-35-37-39-43-46-50-54-67(72)80-60-65(86-69(74)56-52-48-44-40-38-36-34-32-30-28-26-22-18-14-10-6-2)62-84-88(77,78)82-58-63(70)57-81-87(75,76)83-61-64(85-68(73)55-51-47-42-24-20-16-12-8-4)59-79-66(71)53-49-45-41-23-19-15-11-7-3/h63-65,70H,5-62H2,1-4H3,(H,75,76)(H,77,78)/t63-,64+,65+/m0/s1. The molecule has 522 valence electrons. The zero-order valence-electron chi connectivity index (χ0n) is 56.7. The molecule has 0 saturated heterocycles. The van der Waals surface area contributed by atoms with Crippen LogP contribution in [0.3, 0.4) is 0 Å². The molecule has 0 aliphatic carbocycles. The average molecular weight is 1300 g/mol. The summed E-state index contributed by atoms with van der Waals surface area (Å²) in [4.78, 5) is 72.3. The molecule has 0 heterocycles. The van der Waals surface area contributed by atoms with Gasteiger partial charge in [0.25, 0.3) is 0 Å². The van der Waals surface area contributed by atoms with Crippen LogP contribution in [0.2, 0.25) is 0 Å². The van der Waals surface area contributed by atoms with Crippen LogP contribution in [-0.4, -0.2) is 96.7 Å². The van der Waals surface area contributed by atoms with E-state index < -0.39 is 97.5 Å². The number of carbonyl (C=O) groups is 4. The normalized spacial score (nSPS) is 14.0. The molecule has 0 aromatic heterocycles. The van der Waals surface area contributed by atoms with E-state index in [0.717, 1.165) is 103 Å². The Labute approximate surface area is 537 Å². The fourth-order valence-corrected chi connectivity index (χ4v) is 12.1. The number of aliphatic hydroxyl groups is 1. The fourth-order valence-electron chi connectivity index (χ4n) is 10.5. The minimum absolute atomic E-state index is 0.105. The highest BCUT2D eigenvalue weighted by Crippen LogP contribution is 2.45. The highest BCUT2D eigenvalue weighted by molar-refractivity contribution is 7.47. The van der Waals surface area contributed by atoms with E-state index in [0.29, 0.717) is 25.7 Å². The van der Waals surface area contributed by atoms with Crippen molar-refractivity contribution in [2.75, 3.05) is 39.6 Å². The molecule has 0 aromatic rings. The molecule has 0 amide bonds. The first-order chi connectivity index (χ1) is 42.7. The summed E-state index contributed by atoms with van der Waals surface area (Å²) in [5, 5.41) is 10.6. The third kappa shape index (κ3) is 62.8. The number of phosphoric ester groups is 2. The summed E-state index contributed by atoms with van der Waals surface area (Å²) in [6, 6.07) is 0. The second-order valence-corrected chi connectivity index (χ2v) is 27.8. The molecule has 0 spiro atoms. The van der Waals surface area contributed by atoms with Gasteiger partial charge in [-0.1, -0.05) is 310 Å². The third-order valence-corrected chi connectivity index (χ3v) is 18.0. The molecule has 17 nitrogen and oxygen atoms in total. The van der Waals surface area contributed by atoms with Crippen molar-refractivity contribution >= 4 is 39.5 Å². The highest BCUT2D eigenvalue weighted by Gasteiger charge is 2.30. The minimum atomic E-state index is -4.95. The molecule has 2 unspecified atom stereocenters. The number of hydrogen-bond donors (Lipinski definition) is 3. The van der Waals surface area contributed by atoms with Crippen molar-refractivity contribution in [3.63, 3.8) is 0 Å². The number of unbranched alkanes of at least 4 members (excludes halogenated alkanes) is 44. The maximum atomic E-state index is 13.0. The molecule has 88 heavy (non-hydrogen) atoms. The van der Waals surface area contributed by atoms with Crippen LogP contribution < -0.4 is 0 Å². The largest absolute Gasteiger partial charge is 0.472 e. The van der Waals surface area contributed by atoms with Crippen LogP contribution in [-0.2, 0) is 65.4 Å². The molecular weight excluding hydrogens is 1160 g/mol. The van der Waals surface area contributed by atoms with E-state index >= 15 is 0 Å². The Balaban J connectivity index is 5.18. The maximum Gasteiger partial charge on any atom is 0.472 e. The number of ether oxygens (including phenoxy) is 4. The van der Waals surface area contributed by atoms with Crippen LogP contribution in [0.25, 0.3) is 0 Å². The number of rotatable bonds is 70. The van der Waals surface area contributed by atoms with Crippen molar-refractivity contribution in [2.45, 2.75) is 380 Å². The molecule has 0 radical (unpaired) electrons. The molecule has 0 aromatic carbocycles. The lowest BCUT2D eigenvalue weighted by atomic mass is 10.0. The summed E-state index contributed by atoms with van der Waals surface area (Å²) in [6.07, 6.45) is 51.4. The third-order valence-electron chi connectivity index (χ3n) is 16.1. The summed E-state index contributed by atoms with van der Waals surface area (Å²) < 4.78 is 68.1. The summed E-state index contributed by atoms with van der Waals surface area (Å²) in [7, 11) is -9.89.